The van der Waals surface area contributed by atoms with Gasteiger partial charge < -0.3 is 5.32 Å². The van der Waals surface area contributed by atoms with Crippen molar-refractivity contribution in [3.8, 4) is 17.1 Å². The van der Waals surface area contributed by atoms with Gasteiger partial charge in [-0.2, -0.15) is 5.10 Å². The van der Waals surface area contributed by atoms with Gasteiger partial charge in [0.1, 0.15) is 0 Å². The van der Waals surface area contributed by atoms with Gasteiger partial charge in [-0.3, -0.25) is 14.5 Å². The Hall–Kier alpha value is -3.91. The van der Waals surface area contributed by atoms with Crippen LogP contribution in [0.2, 0.25) is 0 Å². The van der Waals surface area contributed by atoms with Gasteiger partial charge in [-0.25, -0.2) is 0 Å². The summed E-state index contributed by atoms with van der Waals surface area (Å²) in [7, 11) is 0. The Labute approximate surface area is 188 Å². The highest BCUT2D eigenvalue weighted by atomic mass is 32.2. The number of carbonyl (C=O) groups excluding carboxylic acids is 1. The minimum Gasteiger partial charge on any atom is -0.325 e. The summed E-state index contributed by atoms with van der Waals surface area (Å²) < 4.78 is 1.99. The number of H-pyrrole nitrogens is 1. The first kappa shape index (κ1) is 20.0. The van der Waals surface area contributed by atoms with E-state index < -0.39 is 0 Å². The first-order valence-corrected chi connectivity index (χ1v) is 11.1. The van der Waals surface area contributed by atoms with E-state index in [1.807, 2.05) is 65.2 Å². The highest BCUT2D eigenvalue weighted by Gasteiger charge is 2.17. The zero-order valence-corrected chi connectivity index (χ0v) is 18.1. The zero-order valence-electron chi connectivity index (χ0n) is 17.3. The van der Waals surface area contributed by atoms with Crippen molar-refractivity contribution in [1.82, 2.24) is 25.0 Å². The van der Waals surface area contributed by atoms with Gasteiger partial charge in [0, 0.05) is 22.3 Å². The average molecular weight is 441 g/mol. The molecule has 0 saturated heterocycles. The number of nitrogens with one attached hydrogen (secondary N) is 2. The first-order valence-electron chi connectivity index (χ1n) is 10.1. The standard InChI is InChI=1S/C24H20N6OS/c1-16-7-11-20(12-8-16)30-23(17-5-3-2-4-6-17)28-29-24(30)32-15-22(31)26-19-10-9-18-14-25-27-21(18)13-19/h2-14H,15H2,1H3,(H,25,27)(H,26,31). The largest absolute Gasteiger partial charge is 0.325 e. The molecule has 0 saturated carbocycles. The molecule has 0 unspecified atom stereocenters. The molecule has 2 heterocycles. The fourth-order valence-corrected chi connectivity index (χ4v) is 4.16. The number of hydrogen-bond acceptors (Lipinski definition) is 5. The molecule has 7 nitrogen and oxygen atoms in total. The van der Waals surface area contributed by atoms with E-state index in [1.54, 1.807) is 6.20 Å². The number of hydrogen-bond donors (Lipinski definition) is 2. The molecule has 2 aromatic heterocycles. The van der Waals surface area contributed by atoms with Gasteiger partial charge in [-0.15, -0.1) is 10.2 Å². The van der Waals surface area contributed by atoms with E-state index in [-0.39, 0.29) is 11.7 Å². The van der Waals surface area contributed by atoms with Crippen molar-refractivity contribution in [3.63, 3.8) is 0 Å². The lowest BCUT2D eigenvalue weighted by Crippen LogP contribution is -2.14. The molecular weight excluding hydrogens is 420 g/mol. The van der Waals surface area contributed by atoms with Gasteiger partial charge in [0.05, 0.1) is 17.5 Å². The monoisotopic (exact) mass is 440 g/mol. The third-order valence-electron chi connectivity index (χ3n) is 5.02. The average Bonchev–Trinajstić information content (AvgIpc) is 3.45. The molecule has 5 rings (SSSR count). The number of aromatic nitrogens is 5. The molecule has 8 heteroatoms. The molecule has 158 valence electrons. The van der Waals surface area contributed by atoms with Crippen molar-refractivity contribution < 1.29 is 4.79 Å². The van der Waals surface area contributed by atoms with Crippen molar-refractivity contribution in [3.05, 3.63) is 84.6 Å². The Morgan fingerprint density at radius 3 is 2.66 bits per heavy atom. The molecule has 0 radical (unpaired) electrons. The van der Waals surface area contributed by atoms with E-state index in [1.165, 1.54) is 17.3 Å². The number of carbonyl (C=O) groups is 1. The Morgan fingerprint density at radius 2 is 1.84 bits per heavy atom. The Morgan fingerprint density at radius 1 is 1.03 bits per heavy atom. The lowest BCUT2D eigenvalue weighted by Gasteiger charge is -2.11. The van der Waals surface area contributed by atoms with Crippen LogP contribution in [-0.4, -0.2) is 36.6 Å². The summed E-state index contributed by atoms with van der Waals surface area (Å²) in [4.78, 5) is 12.6. The Bertz CT molecular complexity index is 1370. The van der Waals surface area contributed by atoms with Gasteiger partial charge >= 0.3 is 0 Å². The van der Waals surface area contributed by atoms with Crippen LogP contribution in [-0.2, 0) is 4.79 Å². The molecule has 0 bridgehead atoms. The molecule has 0 fully saturated rings. The summed E-state index contributed by atoms with van der Waals surface area (Å²) in [5.74, 6) is 0.829. The number of thioether (sulfide) groups is 1. The predicted molar refractivity (Wildman–Crippen MR) is 127 cm³/mol. The maximum Gasteiger partial charge on any atom is 0.234 e. The third kappa shape index (κ3) is 4.13. The second kappa shape index (κ2) is 8.68. The van der Waals surface area contributed by atoms with Gasteiger partial charge in [-0.05, 0) is 37.3 Å². The van der Waals surface area contributed by atoms with E-state index in [4.69, 9.17) is 0 Å². The molecule has 0 aliphatic rings. The van der Waals surface area contributed by atoms with Crippen molar-refractivity contribution in [2.75, 3.05) is 11.1 Å². The minimum atomic E-state index is -0.117. The number of benzene rings is 3. The molecule has 2 N–H and O–H groups in total. The lowest BCUT2D eigenvalue weighted by atomic mass is 10.2. The minimum absolute atomic E-state index is 0.117. The molecule has 3 aromatic carbocycles. The molecule has 0 aliphatic carbocycles. The van der Waals surface area contributed by atoms with Gasteiger partial charge in [-0.1, -0.05) is 59.8 Å². The smallest absolute Gasteiger partial charge is 0.234 e. The van der Waals surface area contributed by atoms with Crippen LogP contribution in [0.4, 0.5) is 5.69 Å². The molecular formula is C24H20N6OS. The van der Waals surface area contributed by atoms with Gasteiger partial charge in [0.2, 0.25) is 5.91 Å². The number of nitrogens with zero attached hydrogens (tertiary/aromatic N) is 4. The van der Waals surface area contributed by atoms with E-state index in [2.05, 4.69) is 44.8 Å². The summed E-state index contributed by atoms with van der Waals surface area (Å²) in [6.45, 7) is 2.05. The van der Waals surface area contributed by atoms with E-state index in [0.717, 1.165) is 33.7 Å². The van der Waals surface area contributed by atoms with E-state index >= 15 is 0 Å². The number of aromatic amines is 1. The molecule has 1 amide bonds. The second-order valence-corrected chi connectivity index (χ2v) is 8.29. The summed E-state index contributed by atoms with van der Waals surface area (Å²) in [5, 5.41) is 20.3. The molecule has 32 heavy (non-hydrogen) atoms. The first-order chi connectivity index (χ1) is 15.7. The number of fused-ring (bicyclic) bond motifs is 1. The summed E-state index contributed by atoms with van der Waals surface area (Å²) >= 11 is 1.35. The molecule has 5 aromatic rings. The Balaban J connectivity index is 1.38. The van der Waals surface area contributed by atoms with Crippen LogP contribution < -0.4 is 5.32 Å². The fourth-order valence-electron chi connectivity index (χ4n) is 3.41. The van der Waals surface area contributed by atoms with Crippen LogP contribution in [0.5, 0.6) is 0 Å². The van der Waals surface area contributed by atoms with E-state index in [9.17, 15) is 4.79 Å². The number of amides is 1. The third-order valence-corrected chi connectivity index (χ3v) is 5.94. The summed E-state index contributed by atoms with van der Waals surface area (Å²) in [6, 6.07) is 23.7. The van der Waals surface area contributed by atoms with Crippen molar-refractivity contribution in [2.24, 2.45) is 0 Å². The summed E-state index contributed by atoms with van der Waals surface area (Å²) in [6.07, 6.45) is 1.75. The second-order valence-electron chi connectivity index (χ2n) is 7.35. The Kier molecular flexibility index (Phi) is 5.43. The summed E-state index contributed by atoms with van der Waals surface area (Å²) in [5.41, 5.74) is 4.68. The SMILES string of the molecule is Cc1ccc(-n2c(SCC(=O)Nc3ccc4cn[nH]c4c3)nnc2-c2ccccc2)cc1. The van der Waals surface area contributed by atoms with E-state index in [0.29, 0.717) is 5.16 Å². The molecule has 0 spiro atoms. The number of aryl methyl sites for hydroxylation is 1. The number of rotatable bonds is 6. The van der Waals surface area contributed by atoms with Crippen molar-refractivity contribution >= 4 is 34.3 Å². The van der Waals surface area contributed by atoms with Crippen LogP contribution in [0.3, 0.4) is 0 Å². The molecule has 0 aliphatic heterocycles. The maximum absolute atomic E-state index is 12.6. The normalized spacial score (nSPS) is 11.0. The topological polar surface area (TPSA) is 88.5 Å². The van der Waals surface area contributed by atoms with Crippen LogP contribution in [0.1, 0.15) is 5.56 Å². The molecule has 0 atom stereocenters. The highest BCUT2D eigenvalue weighted by molar-refractivity contribution is 7.99. The zero-order chi connectivity index (χ0) is 21.9. The number of anilines is 1. The van der Waals surface area contributed by atoms with Crippen molar-refractivity contribution in [2.45, 2.75) is 12.1 Å². The quantitative estimate of drug-likeness (QED) is 0.369. The highest BCUT2D eigenvalue weighted by Crippen LogP contribution is 2.28. The fraction of sp³-hybridized carbons (Fsp3) is 0.0833. The van der Waals surface area contributed by atoms with Gasteiger partial charge in [0.25, 0.3) is 0 Å². The lowest BCUT2D eigenvalue weighted by molar-refractivity contribution is -0.113. The van der Waals surface area contributed by atoms with Crippen molar-refractivity contribution in [1.29, 1.82) is 0 Å². The van der Waals surface area contributed by atoms with Gasteiger partial charge in [0.15, 0.2) is 11.0 Å². The van der Waals surface area contributed by atoms with Crippen LogP contribution >= 0.6 is 11.8 Å². The maximum atomic E-state index is 12.6. The predicted octanol–water partition coefficient (Wildman–Crippen LogP) is 4.85. The van der Waals surface area contributed by atoms with Crippen LogP contribution in [0.25, 0.3) is 28.0 Å². The van der Waals surface area contributed by atoms with Crippen LogP contribution in [0.15, 0.2) is 84.1 Å². The van der Waals surface area contributed by atoms with Crippen LogP contribution in [0, 0.1) is 6.92 Å².